The van der Waals surface area contributed by atoms with Gasteiger partial charge in [-0.15, -0.1) is 0 Å². The van der Waals surface area contributed by atoms with Gasteiger partial charge >= 0.3 is 11.8 Å². The van der Waals surface area contributed by atoms with Crippen LogP contribution in [0, 0.1) is 3.57 Å². The van der Waals surface area contributed by atoms with E-state index in [1.807, 2.05) is 49.4 Å². The molecule has 0 spiro atoms. The topological polar surface area (TPSA) is 58.2 Å². The number of amides is 2. The highest BCUT2D eigenvalue weighted by Gasteiger charge is 2.16. The molecule has 2 rings (SSSR count). The van der Waals surface area contributed by atoms with Gasteiger partial charge in [0.05, 0.1) is 6.04 Å². The highest BCUT2D eigenvalue weighted by Crippen LogP contribution is 2.12. The van der Waals surface area contributed by atoms with E-state index in [2.05, 4.69) is 33.2 Å². The minimum absolute atomic E-state index is 0.221. The molecule has 2 amide bonds. The van der Waals surface area contributed by atoms with Crippen molar-refractivity contribution in [1.29, 1.82) is 0 Å². The zero-order chi connectivity index (χ0) is 15.2. The molecule has 0 aliphatic heterocycles. The van der Waals surface area contributed by atoms with Crippen LogP contribution in [0.15, 0.2) is 54.6 Å². The summed E-state index contributed by atoms with van der Waals surface area (Å²) in [5.41, 5.74) is 1.55. The third kappa shape index (κ3) is 4.56. The van der Waals surface area contributed by atoms with E-state index in [9.17, 15) is 9.59 Å². The summed E-state index contributed by atoms with van der Waals surface area (Å²) >= 11 is 2.17. The summed E-state index contributed by atoms with van der Waals surface area (Å²) in [6, 6.07) is 16.5. The van der Waals surface area contributed by atoms with Crippen molar-refractivity contribution in [3.63, 3.8) is 0 Å². The monoisotopic (exact) mass is 394 g/mol. The van der Waals surface area contributed by atoms with E-state index < -0.39 is 11.8 Å². The van der Waals surface area contributed by atoms with E-state index in [0.717, 1.165) is 9.13 Å². The van der Waals surface area contributed by atoms with E-state index in [1.165, 1.54) is 0 Å². The first-order chi connectivity index (χ1) is 10.1. The number of hydrogen-bond acceptors (Lipinski definition) is 2. The predicted octanol–water partition coefficient (Wildman–Crippen LogP) is 3.11. The van der Waals surface area contributed by atoms with Crippen molar-refractivity contribution >= 4 is 40.1 Å². The van der Waals surface area contributed by atoms with Gasteiger partial charge in [-0.3, -0.25) is 9.59 Å². The number of nitrogens with one attached hydrogen (secondary N) is 2. The Morgan fingerprint density at radius 1 is 0.952 bits per heavy atom. The van der Waals surface area contributed by atoms with Crippen LogP contribution in [0.1, 0.15) is 18.5 Å². The van der Waals surface area contributed by atoms with Gasteiger partial charge in [-0.05, 0) is 59.3 Å². The number of carbonyl (C=O) groups excluding carboxylic acids is 2. The van der Waals surface area contributed by atoms with Gasteiger partial charge in [-0.1, -0.05) is 30.3 Å². The Bertz CT molecular complexity index is 626. The molecule has 2 aromatic rings. The van der Waals surface area contributed by atoms with Crippen LogP contribution >= 0.6 is 22.6 Å². The lowest BCUT2D eigenvalue weighted by molar-refractivity contribution is -0.136. The van der Waals surface area contributed by atoms with Crippen LogP contribution in [0.2, 0.25) is 0 Å². The van der Waals surface area contributed by atoms with E-state index in [-0.39, 0.29) is 6.04 Å². The summed E-state index contributed by atoms with van der Waals surface area (Å²) in [5.74, 6) is -1.32. The van der Waals surface area contributed by atoms with Crippen molar-refractivity contribution < 1.29 is 9.59 Å². The number of rotatable bonds is 3. The molecular formula is C16H15IN2O2. The van der Waals surface area contributed by atoms with Crippen molar-refractivity contribution in [2.45, 2.75) is 13.0 Å². The molecule has 0 saturated carbocycles. The molecule has 4 nitrogen and oxygen atoms in total. The highest BCUT2D eigenvalue weighted by molar-refractivity contribution is 14.1. The average molecular weight is 394 g/mol. The van der Waals surface area contributed by atoms with Crippen LogP contribution in [-0.4, -0.2) is 11.8 Å². The molecule has 5 heteroatoms. The summed E-state index contributed by atoms with van der Waals surface area (Å²) in [6.45, 7) is 1.84. The molecule has 21 heavy (non-hydrogen) atoms. The standard InChI is InChI=1S/C16H15IN2O2/c1-11(12-5-3-2-4-6-12)18-15(20)16(21)19-14-9-7-13(17)8-10-14/h2-11H,1H3,(H,18,20)(H,19,21). The molecule has 1 unspecified atom stereocenters. The zero-order valence-electron chi connectivity index (χ0n) is 11.5. The van der Waals surface area contributed by atoms with Gasteiger partial charge in [0.15, 0.2) is 0 Å². The van der Waals surface area contributed by atoms with Crippen molar-refractivity contribution in [3.05, 3.63) is 63.7 Å². The summed E-state index contributed by atoms with van der Waals surface area (Å²) in [5, 5.41) is 5.25. The SMILES string of the molecule is CC(NC(=O)C(=O)Nc1ccc(I)cc1)c1ccccc1. The van der Waals surface area contributed by atoms with Crippen LogP contribution in [0.4, 0.5) is 5.69 Å². The van der Waals surface area contributed by atoms with Gasteiger partial charge in [-0.25, -0.2) is 0 Å². The predicted molar refractivity (Wildman–Crippen MR) is 90.8 cm³/mol. The van der Waals surface area contributed by atoms with E-state index in [1.54, 1.807) is 12.1 Å². The molecule has 0 radical (unpaired) electrons. The molecule has 0 aliphatic rings. The van der Waals surface area contributed by atoms with Gasteiger partial charge < -0.3 is 10.6 Å². The number of carbonyl (C=O) groups is 2. The second-order valence-electron chi connectivity index (χ2n) is 4.57. The Kier molecular flexibility index (Phi) is 5.32. The third-order valence-electron chi connectivity index (χ3n) is 2.96. The largest absolute Gasteiger partial charge is 0.341 e. The van der Waals surface area contributed by atoms with Gasteiger partial charge in [0.1, 0.15) is 0 Å². The summed E-state index contributed by atoms with van der Waals surface area (Å²) in [6.07, 6.45) is 0. The highest BCUT2D eigenvalue weighted by atomic mass is 127. The second kappa shape index (κ2) is 7.21. The molecule has 0 fully saturated rings. The zero-order valence-corrected chi connectivity index (χ0v) is 13.6. The molecule has 0 heterocycles. The minimum Gasteiger partial charge on any atom is -0.341 e. The molecule has 2 aromatic carbocycles. The number of halogens is 1. The average Bonchev–Trinajstić information content (AvgIpc) is 2.50. The molecule has 1 atom stereocenters. The lowest BCUT2D eigenvalue weighted by Gasteiger charge is -2.14. The number of benzene rings is 2. The van der Waals surface area contributed by atoms with Crippen molar-refractivity contribution in [3.8, 4) is 0 Å². The van der Waals surface area contributed by atoms with Crippen molar-refractivity contribution in [1.82, 2.24) is 5.32 Å². The van der Waals surface area contributed by atoms with Gasteiger partial charge in [0, 0.05) is 9.26 Å². The van der Waals surface area contributed by atoms with Crippen molar-refractivity contribution in [2.24, 2.45) is 0 Å². The third-order valence-corrected chi connectivity index (χ3v) is 3.67. The van der Waals surface area contributed by atoms with Crippen LogP contribution < -0.4 is 10.6 Å². The van der Waals surface area contributed by atoms with E-state index in [4.69, 9.17) is 0 Å². The van der Waals surface area contributed by atoms with Crippen LogP contribution in [0.25, 0.3) is 0 Å². The maximum atomic E-state index is 11.9. The quantitative estimate of drug-likeness (QED) is 0.621. The smallest absolute Gasteiger partial charge is 0.313 e. The Balaban J connectivity index is 1.93. The number of hydrogen-bond donors (Lipinski definition) is 2. The fourth-order valence-corrected chi connectivity index (χ4v) is 2.17. The first kappa shape index (κ1) is 15.5. The first-order valence-corrected chi connectivity index (χ1v) is 7.56. The Morgan fingerprint density at radius 3 is 2.19 bits per heavy atom. The van der Waals surface area contributed by atoms with Crippen LogP contribution in [-0.2, 0) is 9.59 Å². The fourth-order valence-electron chi connectivity index (χ4n) is 1.81. The molecule has 0 aliphatic carbocycles. The Labute approximate surface area is 137 Å². The fraction of sp³-hybridized carbons (Fsp3) is 0.125. The lowest BCUT2D eigenvalue weighted by atomic mass is 10.1. The summed E-state index contributed by atoms with van der Waals surface area (Å²) in [4.78, 5) is 23.7. The Morgan fingerprint density at radius 2 is 1.57 bits per heavy atom. The maximum Gasteiger partial charge on any atom is 0.313 e. The minimum atomic E-state index is -0.668. The molecule has 108 valence electrons. The summed E-state index contributed by atoms with van der Waals surface area (Å²) in [7, 11) is 0. The molecule has 2 N–H and O–H groups in total. The molecule has 0 aromatic heterocycles. The van der Waals surface area contributed by atoms with Gasteiger partial charge in [0.2, 0.25) is 0 Å². The molecule has 0 saturated heterocycles. The van der Waals surface area contributed by atoms with Crippen molar-refractivity contribution in [2.75, 3.05) is 5.32 Å². The van der Waals surface area contributed by atoms with E-state index in [0.29, 0.717) is 5.69 Å². The second-order valence-corrected chi connectivity index (χ2v) is 5.81. The maximum absolute atomic E-state index is 11.9. The molecule has 0 bridgehead atoms. The normalized spacial score (nSPS) is 11.5. The van der Waals surface area contributed by atoms with Gasteiger partial charge in [-0.2, -0.15) is 0 Å². The van der Waals surface area contributed by atoms with Gasteiger partial charge in [0.25, 0.3) is 0 Å². The van der Waals surface area contributed by atoms with E-state index >= 15 is 0 Å². The van der Waals surface area contributed by atoms with Crippen LogP contribution in [0.5, 0.6) is 0 Å². The lowest BCUT2D eigenvalue weighted by Crippen LogP contribution is -2.36. The van der Waals surface area contributed by atoms with Crippen LogP contribution in [0.3, 0.4) is 0 Å². The summed E-state index contributed by atoms with van der Waals surface area (Å²) < 4.78 is 1.06. The first-order valence-electron chi connectivity index (χ1n) is 6.48. The number of anilines is 1. The Hall–Kier alpha value is -1.89. The molecular weight excluding hydrogens is 379 g/mol.